The van der Waals surface area contributed by atoms with Crippen molar-refractivity contribution in [2.24, 2.45) is 0 Å². The van der Waals surface area contributed by atoms with Gasteiger partial charge in [0.25, 0.3) is 5.56 Å². The first-order valence-electron chi connectivity index (χ1n) is 6.77. The predicted molar refractivity (Wildman–Crippen MR) is 58.7 cm³/mol. The van der Waals surface area contributed by atoms with Gasteiger partial charge in [-0.1, -0.05) is 19.3 Å². The van der Waals surface area contributed by atoms with Crippen molar-refractivity contribution in [2.75, 3.05) is 0 Å². The lowest BCUT2D eigenvalue weighted by Crippen LogP contribution is -2.26. The van der Waals surface area contributed by atoms with E-state index in [0.717, 1.165) is 19.3 Å². The number of aromatic nitrogens is 1. The van der Waals surface area contributed by atoms with Crippen LogP contribution >= 0.6 is 0 Å². The second kappa shape index (κ2) is 4.66. The van der Waals surface area contributed by atoms with Crippen LogP contribution < -0.4 is 5.56 Å². The number of alkyl halides is 3. The van der Waals surface area contributed by atoms with Gasteiger partial charge in [0.15, 0.2) is 0 Å². The molecule has 1 saturated carbocycles. The maximum atomic E-state index is 12.9. The van der Waals surface area contributed by atoms with Crippen LogP contribution in [0, 0.1) is 0 Å². The fraction of sp³-hybridized carbons (Fsp3) is 0.583. The van der Waals surface area contributed by atoms with Crippen LogP contribution in [0.4, 0.5) is 13.2 Å². The molecule has 18 heavy (non-hydrogen) atoms. The van der Waals surface area contributed by atoms with Crippen LogP contribution in [0.2, 0.25) is 0 Å². The van der Waals surface area contributed by atoms with Crippen molar-refractivity contribution in [1.29, 1.82) is 0 Å². The summed E-state index contributed by atoms with van der Waals surface area (Å²) >= 11 is 0. The third kappa shape index (κ3) is 2.52. The van der Waals surface area contributed by atoms with Gasteiger partial charge in [-0.25, -0.2) is 0 Å². The molecule has 0 aromatic carbocycles. The molecule has 0 atom stereocenters. The van der Waals surface area contributed by atoms with Crippen LogP contribution in [0.3, 0.4) is 0 Å². The van der Waals surface area contributed by atoms with Gasteiger partial charge >= 0.3 is 6.18 Å². The van der Waals surface area contributed by atoms with E-state index in [-0.39, 0.29) is 10.4 Å². The van der Waals surface area contributed by atoms with Crippen molar-refractivity contribution in [3.05, 3.63) is 33.7 Å². The Morgan fingerprint density at radius 2 is 1.89 bits per heavy atom. The second-order valence-corrected chi connectivity index (χ2v) is 4.46. The maximum Gasteiger partial charge on any atom is 0.416 e. The van der Waals surface area contributed by atoms with Gasteiger partial charge in [-0.3, -0.25) is 4.79 Å². The Morgan fingerprint density at radius 3 is 2.44 bits per heavy atom. The average Bonchev–Trinajstić information content (AvgIpc) is 2.36. The topological polar surface area (TPSA) is 42.2 Å². The smallest absolute Gasteiger partial charge is 0.416 e. The SMILES string of the molecule is [2H]c1c(C(F)(F)F)c([2H])c(=O)n(O)c1C1CCCCC1. The Labute approximate surface area is 105 Å². The molecule has 100 valence electrons. The molecule has 0 bridgehead atoms. The lowest BCUT2D eigenvalue weighted by atomic mass is 9.86. The van der Waals surface area contributed by atoms with Crippen molar-refractivity contribution in [2.45, 2.75) is 44.2 Å². The number of nitrogens with zero attached hydrogens (tertiary/aromatic N) is 1. The van der Waals surface area contributed by atoms with Gasteiger partial charge < -0.3 is 5.21 Å². The van der Waals surface area contributed by atoms with Crippen LogP contribution in [-0.4, -0.2) is 9.94 Å². The maximum absolute atomic E-state index is 12.9. The fourth-order valence-corrected chi connectivity index (χ4v) is 2.27. The molecular formula is C12H14F3NO2. The quantitative estimate of drug-likeness (QED) is 0.791. The standard InChI is InChI=1S/C12H14F3NO2/c13-12(14,15)9-6-10(16(18)11(17)7-9)8-4-2-1-3-5-8/h6-8,18H,1-5H2/i6D,7D. The van der Waals surface area contributed by atoms with Crippen molar-refractivity contribution in [3.8, 4) is 0 Å². The highest BCUT2D eigenvalue weighted by atomic mass is 19.4. The normalized spacial score (nSPS) is 19.5. The first kappa shape index (κ1) is 10.5. The third-order valence-electron chi connectivity index (χ3n) is 3.18. The highest BCUT2D eigenvalue weighted by Crippen LogP contribution is 2.35. The summed E-state index contributed by atoms with van der Waals surface area (Å²) in [4.78, 5) is 11.6. The third-order valence-corrected chi connectivity index (χ3v) is 3.18. The highest BCUT2D eigenvalue weighted by Gasteiger charge is 2.33. The van der Waals surface area contributed by atoms with Crippen LogP contribution in [0.1, 0.15) is 52.0 Å². The Balaban J connectivity index is 2.68. The summed E-state index contributed by atoms with van der Waals surface area (Å²) in [6.45, 7) is 0. The van der Waals surface area contributed by atoms with Crippen LogP contribution in [0.5, 0.6) is 0 Å². The average molecular weight is 263 g/mol. The fourth-order valence-electron chi connectivity index (χ4n) is 2.27. The molecule has 0 radical (unpaired) electrons. The minimum atomic E-state index is -4.95. The van der Waals surface area contributed by atoms with E-state index in [1.165, 1.54) is 0 Å². The number of hydrogen-bond acceptors (Lipinski definition) is 2. The molecule has 0 unspecified atom stereocenters. The number of rotatable bonds is 1. The number of pyridine rings is 1. The van der Waals surface area contributed by atoms with E-state index in [9.17, 15) is 23.2 Å². The Kier molecular flexibility index (Phi) is 2.71. The van der Waals surface area contributed by atoms with Crippen molar-refractivity contribution < 1.29 is 21.1 Å². The lowest BCUT2D eigenvalue weighted by molar-refractivity contribution is -0.138. The van der Waals surface area contributed by atoms with Crippen molar-refractivity contribution >= 4 is 0 Å². The van der Waals surface area contributed by atoms with Gasteiger partial charge in [0.1, 0.15) is 0 Å². The molecule has 1 aliphatic carbocycles. The number of hydrogen-bond donors (Lipinski definition) is 1. The van der Waals surface area contributed by atoms with Gasteiger partial charge in [0, 0.05) is 12.0 Å². The van der Waals surface area contributed by atoms with E-state index < -0.39 is 35.3 Å². The van der Waals surface area contributed by atoms with Gasteiger partial charge in [0.05, 0.1) is 14.0 Å². The molecule has 1 heterocycles. The van der Waals surface area contributed by atoms with E-state index in [1.54, 1.807) is 0 Å². The molecule has 2 rings (SSSR count). The Morgan fingerprint density at radius 1 is 1.28 bits per heavy atom. The molecule has 0 spiro atoms. The molecule has 1 N–H and O–H groups in total. The van der Waals surface area contributed by atoms with E-state index in [0.29, 0.717) is 12.8 Å². The van der Waals surface area contributed by atoms with E-state index in [4.69, 9.17) is 2.74 Å². The minimum Gasteiger partial charge on any atom is -0.425 e. The summed E-state index contributed by atoms with van der Waals surface area (Å²) in [5.41, 5.74) is -3.31. The van der Waals surface area contributed by atoms with E-state index >= 15 is 0 Å². The molecule has 0 saturated heterocycles. The first-order valence-corrected chi connectivity index (χ1v) is 5.77. The van der Waals surface area contributed by atoms with E-state index in [2.05, 4.69) is 0 Å². The van der Waals surface area contributed by atoms with Crippen LogP contribution in [0.25, 0.3) is 0 Å². The largest absolute Gasteiger partial charge is 0.425 e. The van der Waals surface area contributed by atoms with Crippen molar-refractivity contribution in [1.82, 2.24) is 4.73 Å². The molecule has 6 heteroatoms. The molecule has 0 aliphatic heterocycles. The zero-order chi connectivity index (χ0) is 15.1. The first-order chi connectivity index (χ1) is 9.25. The summed E-state index contributed by atoms with van der Waals surface area (Å²) in [6, 6.07) is -2.35. The monoisotopic (exact) mass is 263 g/mol. The molecular weight excluding hydrogens is 247 g/mol. The van der Waals surface area contributed by atoms with Crippen LogP contribution in [0.15, 0.2) is 16.9 Å². The Bertz CT molecular complexity index is 578. The zero-order valence-corrected chi connectivity index (χ0v) is 9.55. The zero-order valence-electron chi connectivity index (χ0n) is 11.5. The summed E-state index contributed by atoms with van der Waals surface area (Å²) < 4.78 is 53.6. The van der Waals surface area contributed by atoms with Crippen LogP contribution in [-0.2, 0) is 6.18 Å². The summed E-state index contributed by atoms with van der Waals surface area (Å²) in [6.07, 6.45) is -1.39. The molecule has 1 fully saturated rings. The summed E-state index contributed by atoms with van der Waals surface area (Å²) in [5, 5.41) is 9.70. The molecule has 3 nitrogen and oxygen atoms in total. The molecule has 0 amide bonds. The lowest BCUT2D eigenvalue weighted by Gasteiger charge is -2.23. The highest BCUT2D eigenvalue weighted by molar-refractivity contribution is 5.23. The molecule has 1 aromatic rings. The Hall–Kier alpha value is -1.46. The second-order valence-electron chi connectivity index (χ2n) is 4.46. The molecule has 1 aliphatic rings. The summed E-state index contributed by atoms with van der Waals surface area (Å²) in [5.74, 6) is -0.448. The van der Waals surface area contributed by atoms with Gasteiger partial charge in [-0.15, -0.1) is 0 Å². The summed E-state index contributed by atoms with van der Waals surface area (Å²) in [7, 11) is 0. The van der Waals surface area contributed by atoms with Gasteiger partial charge in [-0.05, 0) is 18.9 Å². The van der Waals surface area contributed by atoms with Crippen molar-refractivity contribution in [3.63, 3.8) is 0 Å². The van der Waals surface area contributed by atoms with Gasteiger partial charge in [-0.2, -0.15) is 17.9 Å². The van der Waals surface area contributed by atoms with E-state index in [1.807, 2.05) is 0 Å². The molecule has 1 aromatic heterocycles. The van der Waals surface area contributed by atoms with Gasteiger partial charge in [0.2, 0.25) is 0 Å². The number of halogens is 3. The predicted octanol–water partition coefficient (Wildman–Crippen LogP) is 3.15. The minimum absolute atomic E-state index is 0.0515.